The van der Waals surface area contributed by atoms with Crippen molar-refractivity contribution in [2.24, 2.45) is 5.92 Å². The average Bonchev–Trinajstić information content (AvgIpc) is 3.05. The van der Waals surface area contributed by atoms with E-state index in [1.807, 2.05) is 6.07 Å². The van der Waals surface area contributed by atoms with Crippen molar-refractivity contribution >= 4 is 11.3 Å². The molecule has 1 aliphatic carbocycles. The third kappa shape index (κ3) is 6.28. The zero-order chi connectivity index (χ0) is 28.0. The van der Waals surface area contributed by atoms with Crippen LogP contribution in [-0.4, -0.2) is 46.8 Å². The normalized spacial score (nSPS) is 17.9. The van der Waals surface area contributed by atoms with Crippen molar-refractivity contribution in [3.63, 3.8) is 0 Å². The molecular weight excluding hydrogens is 510 g/mol. The van der Waals surface area contributed by atoms with Crippen LogP contribution in [-0.2, 0) is 27.2 Å². The molecule has 1 fully saturated rings. The lowest BCUT2D eigenvalue weighted by Gasteiger charge is -2.36. The number of aryl methyl sites for hydroxylation is 1. The summed E-state index contributed by atoms with van der Waals surface area (Å²) in [5, 5.41) is 0. The molecule has 0 unspecified atom stereocenters. The van der Waals surface area contributed by atoms with Gasteiger partial charge in [-0.05, 0) is 95.3 Å². The number of nitrogens with zero attached hydrogens (tertiary/aromatic N) is 1. The summed E-state index contributed by atoms with van der Waals surface area (Å²) in [6, 6.07) is 26.3. The highest BCUT2D eigenvalue weighted by Crippen LogP contribution is 2.42. The van der Waals surface area contributed by atoms with Crippen molar-refractivity contribution in [3.8, 4) is 5.75 Å². The van der Waals surface area contributed by atoms with Crippen molar-refractivity contribution < 1.29 is 18.9 Å². The van der Waals surface area contributed by atoms with Crippen LogP contribution in [0.3, 0.4) is 0 Å². The van der Waals surface area contributed by atoms with Crippen LogP contribution in [0.5, 0.6) is 5.75 Å². The smallest absolute Gasteiger partial charge is 0.159 e. The Balaban J connectivity index is 1.25. The summed E-state index contributed by atoms with van der Waals surface area (Å²) < 4.78 is 22.9. The first-order valence-corrected chi connectivity index (χ1v) is 14.9. The number of piperidine rings is 1. The summed E-state index contributed by atoms with van der Waals surface area (Å²) in [6.45, 7) is 4.11. The molecule has 0 amide bonds. The van der Waals surface area contributed by atoms with E-state index < -0.39 is 0 Å². The number of benzene rings is 3. The van der Waals surface area contributed by atoms with Crippen LogP contribution in [0, 0.1) is 5.92 Å². The molecule has 0 spiro atoms. The zero-order valence-corrected chi connectivity index (χ0v) is 24.3. The summed E-state index contributed by atoms with van der Waals surface area (Å²) in [5.41, 5.74) is 10.7. The molecule has 0 N–H and O–H groups in total. The van der Waals surface area contributed by atoms with Gasteiger partial charge in [0.2, 0.25) is 0 Å². The largest absolute Gasteiger partial charge is 0.489 e. The Kier molecular flexibility index (Phi) is 8.85. The zero-order valence-electron chi connectivity index (χ0n) is 24.3. The average molecular weight is 552 g/mol. The molecule has 0 atom stereocenters. The highest BCUT2D eigenvalue weighted by Gasteiger charge is 2.27. The van der Waals surface area contributed by atoms with Crippen LogP contribution in [0.2, 0.25) is 0 Å². The molecule has 0 aromatic heterocycles. The molecule has 5 nitrogen and oxygen atoms in total. The van der Waals surface area contributed by atoms with Crippen LogP contribution in [0.1, 0.15) is 47.9 Å². The first-order chi connectivity index (χ1) is 20.2. The van der Waals surface area contributed by atoms with E-state index in [0.29, 0.717) is 19.1 Å². The van der Waals surface area contributed by atoms with E-state index in [0.717, 1.165) is 57.6 Å². The first kappa shape index (κ1) is 27.8. The van der Waals surface area contributed by atoms with Gasteiger partial charge in [0.05, 0.1) is 13.2 Å². The first-order valence-electron chi connectivity index (χ1n) is 14.9. The van der Waals surface area contributed by atoms with Crippen LogP contribution >= 0.6 is 0 Å². The highest BCUT2D eigenvalue weighted by molar-refractivity contribution is 5.88. The van der Waals surface area contributed by atoms with Gasteiger partial charge in [-0.1, -0.05) is 54.6 Å². The van der Waals surface area contributed by atoms with Crippen molar-refractivity contribution in [2.75, 3.05) is 45.4 Å². The van der Waals surface area contributed by atoms with Gasteiger partial charge in [-0.25, -0.2) is 0 Å². The standard InChI is InChI=1S/C36H41NO4/c1-38-36(39-2)29-16-20-37(21-17-29)31-11-8-28(9-12-31)35-33(27-18-22-40-23-19-27)14-10-30-24-32(13-15-34(30)35)41-25-26-6-4-3-5-7-26/h3-9,11-13,15,18,24,29,36H,10,14,16-17,19-23,25H2,1-2H3. The van der Waals surface area contributed by atoms with Gasteiger partial charge in [-0.3, -0.25) is 0 Å². The summed E-state index contributed by atoms with van der Waals surface area (Å²) in [5.74, 6) is 1.38. The molecule has 214 valence electrons. The Hall–Kier alpha value is -3.38. The predicted molar refractivity (Wildman–Crippen MR) is 164 cm³/mol. The summed E-state index contributed by atoms with van der Waals surface area (Å²) >= 11 is 0. The molecule has 0 saturated carbocycles. The van der Waals surface area contributed by atoms with Crippen molar-refractivity contribution in [2.45, 2.75) is 45.0 Å². The SMILES string of the molecule is COC(OC)C1CCN(c2ccc(C3=C(C4=CCOCC4)CCc4cc(OCc5ccccc5)ccc43)cc2)CC1. The van der Waals surface area contributed by atoms with E-state index in [2.05, 4.69) is 77.7 Å². The number of methoxy groups -OCH3 is 2. The molecule has 3 aliphatic rings. The van der Waals surface area contributed by atoms with Gasteiger partial charge in [0, 0.05) is 38.9 Å². The second kappa shape index (κ2) is 13.1. The molecule has 3 aromatic carbocycles. The molecule has 3 aromatic rings. The third-order valence-corrected chi connectivity index (χ3v) is 8.80. The molecule has 2 aliphatic heterocycles. The van der Waals surface area contributed by atoms with Gasteiger partial charge in [-0.15, -0.1) is 0 Å². The Morgan fingerprint density at radius 1 is 0.878 bits per heavy atom. The van der Waals surface area contributed by atoms with Crippen molar-refractivity contribution in [3.05, 3.63) is 112 Å². The topological polar surface area (TPSA) is 40.2 Å². The maximum Gasteiger partial charge on any atom is 0.159 e. The Morgan fingerprint density at radius 2 is 1.66 bits per heavy atom. The lowest BCUT2D eigenvalue weighted by atomic mass is 9.78. The molecule has 6 rings (SSSR count). The molecular formula is C36H41NO4. The molecule has 0 bridgehead atoms. The fraction of sp³-hybridized carbons (Fsp3) is 0.389. The number of rotatable bonds is 9. The van der Waals surface area contributed by atoms with Crippen LogP contribution in [0.25, 0.3) is 5.57 Å². The number of hydrogen-bond acceptors (Lipinski definition) is 5. The van der Waals surface area contributed by atoms with E-state index >= 15 is 0 Å². The maximum atomic E-state index is 6.20. The highest BCUT2D eigenvalue weighted by atomic mass is 16.7. The number of ether oxygens (including phenoxy) is 4. The van der Waals surface area contributed by atoms with E-state index in [4.69, 9.17) is 18.9 Å². The fourth-order valence-electron chi connectivity index (χ4n) is 6.60. The Bertz CT molecular complexity index is 1370. The third-order valence-electron chi connectivity index (χ3n) is 8.80. The minimum Gasteiger partial charge on any atom is -0.489 e. The van der Waals surface area contributed by atoms with Gasteiger partial charge in [0.25, 0.3) is 0 Å². The van der Waals surface area contributed by atoms with E-state index in [-0.39, 0.29) is 6.29 Å². The quantitative estimate of drug-likeness (QED) is 0.263. The summed E-state index contributed by atoms with van der Waals surface area (Å²) in [4.78, 5) is 2.49. The lowest BCUT2D eigenvalue weighted by Crippen LogP contribution is -2.39. The number of allylic oxidation sites excluding steroid dienone is 1. The molecule has 41 heavy (non-hydrogen) atoms. The molecule has 5 heteroatoms. The minimum atomic E-state index is -0.111. The van der Waals surface area contributed by atoms with Gasteiger partial charge >= 0.3 is 0 Å². The van der Waals surface area contributed by atoms with Crippen LogP contribution in [0.15, 0.2) is 90.0 Å². The van der Waals surface area contributed by atoms with E-state index in [9.17, 15) is 0 Å². The summed E-state index contributed by atoms with van der Waals surface area (Å²) in [6.07, 6.45) is 7.34. The Morgan fingerprint density at radius 3 is 2.37 bits per heavy atom. The molecule has 0 radical (unpaired) electrons. The summed E-state index contributed by atoms with van der Waals surface area (Å²) in [7, 11) is 3.47. The van der Waals surface area contributed by atoms with Crippen LogP contribution < -0.4 is 9.64 Å². The maximum absolute atomic E-state index is 6.20. The monoisotopic (exact) mass is 551 g/mol. The van der Waals surface area contributed by atoms with Gasteiger partial charge in [0.15, 0.2) is 6.29 Å². The van der Waals surface area contributed by atoms with Crippen molar-refractivity contribution in [1.82, 2.24) is 0 Å². The minimum absolute atomic E-state index is 0.111. The molecule has 2 heterocycles. The van der Waals surface area contributed by atoms with Gasteiger partial charge in [0.1, 0.15) is 12.4 Å². The fourth-order valence-corrected chi connectivity index (χ4v) is 6.60. The van der Waals surface area contributed by atoms with Crippen molar-refractivity contribution in [1.29, 1.82) is 0 Å². The number of hydrogen-bond donors (Lipinski definition) is 0. The van der Waals surface area contributed by atoms with Gasteiger partial charge < -0.3 is 23.8 Å². The Labute approximate surface area is 244 Å². The second-order valence-electron chi connectivity index (χ2n) is 11.2. The predicted octanol–water partition coefficient (Wildman–Crippen LogP) is 7.20. The second-order valence-corrected chi connectivity index (χ2v) is 11.2. The van der Waals surface area contributed by atoms with Gasteiger partial charge in [-0.2, -0.15) is 0 Å². The van der Waals surface area contributed by atoms with Crippen LogP contribution in [0.4, 0.5) is 5.69 Å². The van der Waals surface area contributed by atoms with E-state index in [1.165, 1.54) is 44.7 Å². The number of anilines is 1. The number of fused-ring (bicyclic) bond motifs is 1. The lowest BCUT2D eigenvalue weighted by molar-refractivity contribution is -0.141. The molecule has 1 saturated heterocycles. The van der Waals surface area contributed by atoms with E-state index in [1.54, 1.807) is 14.2 Å².